The summed E-state index contributed by atoms with van der Waals surface area (Å²) in [6.45, 7) is 3.45. The Morgan fingerprint density at radius 3 is 3.00 bits per heavy atom. The van der Waals surface area contributed by atoms with Gasteiger partial charge in [0, 0.05) is 18.2 Å². The number of nitrogens with zero attached hydrogens (tertiary/aromatic N) is 1. The Bertz CT molecular complexity index is 425. The maximum absolute atomic E-state index is 9.06. The van der Waals surface area contributed by atoms with Crippen LogP contribution in [0.15, 0.2) is 24.3 Å². The van der Waals surface area contributed by atoms with Gasteiger partial charge in [0.25, 0.3) is 0 Å². The van der Waals surface area contributed by atoms with Gasteiger partial charge in [0.05, 0.1) is 18.6 Å². The van der Waals surface area contributed by atoms with Crippen molar-refractivity contribution in [2.75, 3.05) is 6.61 Å². The Labute approximate surface area is 109 Å². The molecule has 96 valence electrons. The summed E-state index contributed by atoms with van der Waals surface area (Å²) >= 11 is 0. The van der Waals surface area contributed by atoms with Crippen LogP contribution in [-0.4, -0.2) is 12.6 Å². The van der Waals surface area contributed by atoms with Gasteiger partial charge < -0.3 is 10.1 Å². The smallest absolute Gasteiger partial charge is 0.123 e. The summed E-state index contributed by atoms with van der Waals surface area (Å²) in [4.78, 5) is 0. The second-order valence-electron chi connectivity index (χ2n) is 4.69. The van der Waals surface area contributed by atoms with Crippen molar-refractivity contribution in [3.8, 4) is 11.8 Å². The van der Waals surface area contributed by atoms with Gasteiger partial charge in [-0.1, -0.05) is 24.6 Å². The molecule has 2 rings (SSSR count). The molecule has 0 amide bonds. The van der Waals surface area contributed by atoms with E-state index in [1.54, 1.807) is 0 Å². The molecular formula is C15H20N2O. The molecule has 0 radical (unpaired) electrons. The minimum absolute atomic E-state index is 0.171. The van der Waals surface area contributed by atoms with Crippen LogP contribution in [0.1, 0.15) is 31.7 Å². The molecule has 0 aliphatic heterocycles. The average Bonchev–Trinajstić information content (AvgIpc) is 2.85. The van der Waals surface area contributed by atoms with Crippen LogP contribution in [0, 0.1) is 17.2 Å². The number of ether oxygens (including phenoxy) is 1. The number of nitrogens with one attached hydrogen (secondary N) is 1. The van der Waals surface area contributed by atoms with Gasteiger partial charge in [0.1, 0.15) is 5.75 Å². The summed E-state index contributed by atoms with van der Waals surface area (Å²) < 4.78 is 5.60. The molecule has 0 heterocycles. The van der Waals surface area contributed by atoms with Crippen molar-refractivity contribution in [1.29, 1.82) is 5.26 Å². The van der Waals surface area contributed by atoms with E-state index < -0.39 is 0 Å². The van der Waals surface area contributed by atoms with Crippen LogP contribution in [-0.2, 0) is 6.54 Å². The van der Waals surface area contributed by atoms with Crippen molar-refractivity contribution in [3.63, 3.8) is 0 Å². The molecule has 1 aromatic carbocycles. The molecule has 1 aliphatic rings. The summed E-state index contributed by atoms with van der Waals surface area (Å²) in [5.41, 5.74) is 1.17. The van der Waals surface area contributed by atoms with Crippen molar-refractivity contribution >= 4 is 0 Å². The van der Waals surface area contributed by atoms with Crippen molar-refractivity contribution < 1.29 is 4.74 Å². The molecule has 2 atom stereocenters. The summed E-state index contributed by atoms with van der Waals surface area (Å²) in [6.07, 6.45) is 3.29. The third-order valence-electron chi connectivity index (χ3n) is 3.51. The second-order valence-corrected chi connectivity index (χ2v) is 4.69. The number of rotatable bonds is 5. The lowest BCUT2D eigenvalue weighted by Gasteiger charge is -2.17. The largest absolute Gasteiger partial charge is 0.494 e. The second kappa shape index (κ2) is 6.42. The topological polar surface area (TPSA) is 45.0 Å². The average molecular weight is 244 g/mol. The van der Waals surface area contributed by atoms with E-state index in [4.69, 9.17) is 10.00 Å². The Balaban J connectivity index is 1.95. The van der Waals surface area contributed by atoms with Crippen LogP contribution >= 0.6 is 0 Å². The highest BCUT2D eigenvalue weighted by Crippen LogP contribution is 2.26. The number of para-hydroxylation sites is 1. The number of hydrogen-bond acceptors (Lipinski definition) is 3. The van der Waals surface area contributed by atoms with Gasteiger partial charge in [0.15, 0.2) is 0 Å². The van der Waals surface area contributed by atoms with Gasteiger partial charge in [-0.25, -0.2) is 0 Å². The van der Waals surface area contributed by atoms with Gasteiger partial charge in [0.2, 0.25) is 0 Å². The van der Waals surface area contributed by atoms with Crippen molar-refractivity contribution in [2.24, 2.45) is 5.92 Å². The fourth-order valence-electron chi connectivity index (χ4n) is 2.55. The summed E-state index contributed by atoms with van der Waals surface area (Å²) in [7, 11) is 0. The highest BCUT2D eigenvalue weighted by atomic mass is 16.5. The van der Waals surface area contributed by atoms with Gasteiger partial charge in [-0.05, 0) is 25.8 Å². The molecule has 1 aliphatic carbocycles. The Morgan fingerprint density at radius 1 is 1.39 bits per heavy atom. The zero-order chi connectivity index (χ0) is 12.8. The normalized spacial score (nSPS) is 22.7. The van der Waals surface area contributed by atoms with Crippen LogP contribution in [0.2, 0.25) is 0 Å². The van der Waals surface area contributed by atoms with Gasteiger partial charge >= 0.3 is 0 Å². The molecule has 1 saturated carbocycles. The first-order valence-corrected chi connectivity index (χ1v) is 6.69. The quantitative estimate of drug-likeness (QED) is 0.866. The maximum Gasteiger partial charge on any atom is 0.123 e. The lowest BCUT2D eigenvalue weighted by molar-refractivity contribution is 0.334. The molecule has 2 unspecified atom stereocenters. The van der Waals surface area contributed by atoms with Gasteiger partial charge in [-0.3, -0.25) is 0 Å². The third kappa shape index (κ3) is 3.02. The summed E-state index contributed by atoms with van der Waals surface area (Å²) in [5.74, 6) is 1.11. The van der Waals surface area contributed by atoms with Crippen LogP contribution in [0.25, 0.3) is 0 Å². The molecule has 1 aromatic rings. The van der Waals surface area contributed by atoms with Crippen molar-refractivity contribution in [3.05, 3.63) is 29.8 Å². The monoisotopic (exact) mass is 244 g/mol. The standard InChI is InChI=1S/C15H20N2O/c1-2-18-15-9-4-3-6-13(15)11-17-14-8-5-7-12(14)10-16/h3-4,6,9,12,14,17H,2,5,7-8,11H2,1H3. The highest BCUT2D eigenvalue weighted by Gasteiger charge is 2.26. The maximum atomic E-state index is 9.06. The van der Waals surface area contributed by atoms with E-state index in [0.29, 0.717) is 12.6 Å². The molecule has 0 spiro atoms. The first-order chi connectivity index (χ1) is 8.85. The van der Waals surface area contributed by atoms with Gasteiger partial charge in [-0.15, -0.1) is 0 Å². The number of hydrogen-bond donors (Lipinski definition) is 1. The third-order valence-corrected chi connectivity index (χ3v) is 3.51. The van der Waals surface area contributed by atoms with E-state index >= 15 is 0 Å². The van der Waals surface area contributed by atoms with Gasteiger partial charge in [-0.2, -0.15) is 5.26 Å². The van der Waals surface area contributed by atoms with E-state index in [0.717, 1.165) is 31.6 Å². The number of nitriles is 1. The van der Waals surface area contributed by atoms with Crippen molar-refractivity contribution in [2.45, 2.75) is 38.8 Å². The summed E-state index contributed by atoms with van der Waals surface area (Å²) in [5, 5.41) is 12.6. The van der Waals surface area contributed by atoms with Crippen LogP contribution in [0.5, 0.6) is 5.75 Å². The Morgan fingerprint density at radius 2 is 2.22 bits per heavy atom. The molecule has 0 bridgehead atoms. The van der Waals surface area contributed by atoms with Crippen LogP contribution < -0.4 is 10.1 Å². The molecule has 3 heteroatoms. The van der Waals surface area contributed by atoms with E-state index in [1.165, 1.54) is 5.56 Å². The Hall–Kier alpha value is -1.53. The number of benzene rings is 1. The van der Waals surface area contributed by atoms with Crippen LogP contribution in [0.4, 0.5) is 0 Å². The minimum atomic E-state index is 0.171. The molecule has 3 nitrogen and oxygen atoms in total. The molecule has 0 saturated heterocycles. The minimum Gasteiger partial charge on any atom is -0.494 e. The van der Waals surface area contributed by atoms with E-state index in [-0.39, 0.29) is 5.92 Å². The zero-order valence-corrected chi connectivity index (χ0v) is 10.9. The first kappa shape index (κ1) is 12.9. The lowest BCUT2D eigenvalue weighted by Crippen LogP contribution is -2.31. The Kier molecular flexibility index (Phi) is 4.60. The molecule has 1 N–H and O–H groups in total. The van der Waals surface area contributed by atoms with E-state index in [9.17, 15) is 0 Å². The fraction of sp³-hybridized carbons (Fsp3) is 0.533. The highest BCUT2D eigenvalue weighted by molar-refractivity contribution is 5.33. The summed E-state index contributed by atoms with van der Waals surface area (Å²) in [6, 6.07) is 10.8. The molecule has 1 fully saturated rings. The molecule has 0 aromatic heterocycles. The SMILES string of the molecule is CCOc1ccccc1CNC1CCCC1C#N. The van der Waals surface area contributed by atoms with E-state index in [1.807, 2.05) is 25.1 Å². The first-order valence-electron chi connectivity index (χ1n) is 6.69. The molecule has 18 heavy (non-hydrogen) atoms. The van der Waals surface area contributed by atoms with Crippen molar-refractivity contribution in [1.82, 2.24) is 5.32 Å². The van der Waals surface area contributed by atoms with Crippen LogP contribution in [0.3, 0.4) is 0 Å². The zero-order valence-electron chi connectivity index (χ0n) is 10.9. The predicted octanol–water partition coefficient (Wildman–Crippen LogP) is 2.87. The fourth-order valence-corrected chi connectivity index (χ4v) is 2.55. The predicted molar refractivity (Wildman–Crippen MR) is 71.2 cm³/mol. The lowest BCUT2D eigenvalue weighted by atomic mass is 10.1. The van der Waals surface area contributed by atoms with E-state index in [2.05, 4.69) is 17.5 Å². The molecular weight excluding hydrogens is 224 g/mol.